The molecule has 0 aromatic heterocycles. The van der Waals surface area contributed by atoms with E-state index >= 15 is 0 Å². The van der Waals surface area contributed by atoms with E-state index in [1.54, 1.807) is 49.4 Å². The van der Waals surface area contributed by atoms with Crippen molar-refractivity contribution >= 4 is 43.3 Å². The Morgan fingerprint density at radius 1 is 0.968 bits per heavy atom. The number of hydrazone groups is 1. The molecular weight excluding hydrogens is 478 g/mol. The normalized spacial score (nSPS) is 11.8. The van der Waals surface area contributed by atoms with Crippen molar-refractivity contribution in [1.29, 1.82) is 0 Å². The highest BCUT2D eigenvalue weighted by Gasteiger charge is 2.27. The predicted molar refractivity (Wildman–Crippen MR) is 127 cm³/mol. The Morgan fingerprint density at radius 2 is 1.58 bits per heavy atom. The van der Waals surface area contributed by atoms with Gasteiger partial charge in [0.15, 0.2) is 0 Å². The minimum atomic E-state index is -3.94. The van der Waals surface area contributed by atoms with Crippen LogP contribution in [0.15, 0.2) is 93.3 Å². The molecule has 160 valence electrons. The third-order valence-electron chi connectivity index (χ3n) is 4.55. The second kappa shape index (κ2) is 9.89. The zero-order chi connectivity index (χ0) is 22.4. The average Bonchev–Trinajstić information content (AvgIpc) is 2.77. The number of carbonyl (C=O) groups is 1. The van der Waals surface area contributed by atoms with Crippen LogP contribution in [0.2, 0.25) is 0 Å². The van der Waals surface area contributed by atoms with Gasteiger partial charge in [-0.05, 0) is 55.8 Å². The molecule has 0 bridgehead atoms. The van der Waals surface area contributed by atoms with Gasteiger partial charge in [0.05, 0.1) is 16.3 Å². The lowest BCUT2D eigenvalue weighted by Gasteiger charge is -2.23. The quantitative estimate of drug-likeness (QED) is 0.384. The van der Waals surface area contributed by atoms with Crippen LogP contribution >= 0.6 is 15.9 Å². The van der Waals surface area contributed by atoms with Crippen LogP contribution in [-0.2, 0) is 14.8 Å². The van der Waals surface area contributed by atoms with Crippen molar-refractivity contribution in [2.24, 2.45) is 5.10 Å². The van der Waals surface area contributed by atoms with E-state index in [2.05, 4.69) is 26.5 Å². The van der Waals surface area contributed by atoms with Crippen LogP contribution in [0.5, 0.6) is 0 Å². The summed E-state index contributed by atoms with van der Waals surface area (Å²) >= 11 is 3.38. The van der Waals surface area contributed by atoms with E-state index in [0.717, 1.165) is 19.9 Å². The number of sulfonamides is 1. The van der Waals surface area contributed by atoms with Gasteiger partial charge in [-0.1, -0.05) is 64.0 Å². The van der Waals surface area contributed by atoms with E-state index in [-0.39, 0.29) is 4.90 Å². The molecule has 1 N–H and O–H groups in total. The Bertz CT molecular complexity index is 1180. The highest BCUT2D eigenvalue weighted by Crippen LogP contribution is 2.23. The van der Waals surface area contributed by atoms with Crippen LogP contribution < -0.4 is 9.73 Å². The smallest absolute Gasteiger partial charge is 0.264 e. The summed E-state index contributed by atoms with van der Waals surface area (Å²) in [4.78, 5) is 12.7. The summed E-state index contributed by atoms with van der Waals surface area (Å²) in [5.74, 6) is -0.545. The van der Waals surface area contributed by atoms with Crippen molar-refractivity contribution in [2.75, 3.05) is 10.8 Å². The summed E-state index contributed by atoms with van der Waals surface area (Å²) in [6, 6.07) is 22.5. The lowest BCUT2D eigenvalue weighted by Crippen LogP contribution is -2.39. The van der Waals surface area contributed by atoms with E-state index < -0.39 is 22.5 Å². The van der Waals surface area contributed by atoms with Crippen LogP contribution in [0.3, 0.4) is 0 Å². The first-order valence-corrected chi connectivity index (χ1v) is 11.7. The first kappa shape index (κ1) is 22.7. The average molecular weight is 500 g/mol. The van der Waals surface area contributed by atoms with Gasteiger partial charge >= 0.3 is 0 Å². The van der Waals surface area contributed by atoms with Gasteiger partial charge in [0.2, 0.25) is 0 Å². The van der Waals surface area contributed by atoms with Crippen LogP contribution in [0.1, 0.15) is 18.1 Å². The number of benzene rings is 3. The van der Waals surface area contributed by atoms with E-state index in [9.17, 15) is 13.2 Å². The maximum atomic E-state index is 13.3. The zero-order valence-electron chi connectivity index (χ0n) is 17.1. The van der Waals surface area contributed by atoms with Gasteiger partial charge in [-0.2, -0.15) is 5.10 Å². The molecule has 8 heteroatoms. The Balaban J connectivity index is 1.84. The number of amides is 1. The molecule has 1 amide bonds. The minimum Gasteiger partial charge on any atom is -0.271 e. The SMILES string of the molecule is C/C(=N/NC(=O)CN(c1ccc(C)cc1)S(=O)(=O)c1ccccc1)c1ccc(Br)cc1. The number of hydrogen-bond acceptors (Lipinski definition) is 4. The van der Waals surface area contributed by atoms with Gasteiger partial charge in [-0.15, -0.1) is 0 Å². The minimum absolute atomic E-state index is 0.109. The number of anilines is 1. The van der Waals surface area contributed by atoms with Crippen molar-refractivity contribution in [3.8, 4) is 0 Å². The molecule has 0 aliphatic heterocycles. The lowest BCUT2D eigenvalue weighted by molar-refractivity contribution is -0.119. The molecule has 0 saturated heterocycles. The molecule has 0 spiro atoms. The Hall–Kier alpha value is -2.97. The number of nitrogens with zero attached hydrogens (tertiary/aromatic N) is 2. The first-order valence-electron chi connectivity index (χ1n) is 9.51. The van der Waals surface area contributed by atoms with Gasteiger partial charge in [0.1, 0.15) is 6.54 Å². The highest BCUT2D eigenvalue weighted by molar-refractivity contribution is 9.10. The van der Waals surface area contributed by atoms with Gasteiger partial charge in [0.25, 0.3) is 15.9 Å². The fraction of sp³-hybridized carbons (Fsp3) is 0.130. The summed E-state index contributed by atoms with van der Waals surface area (Å²) in [6.45, 7) is 3.27. The first-order chi connectivity index (χ1) is 14.8. The Morgan fingerprint density at radius 3 is 2.19 bits per heavy atom. The van der Waals surface area contributed by atoms with Crippen molar-refractivity contribution < 1.29 is 13.2 Å². The van der Waals surface area contributed by atoms with Gasteiger partial charge in [0, 0.05) is 4.47 Å². The molecule has 0 aliphatic carbocycles. The molecule has 0 unspecified atom stereocenters. The third-order valence-corrected chi connectivity index (χ3v) is 6.87. The summed E-state index contributed by atoms with van der Waals surface area (Å²) in [6.07, 6.45) is 0. The molecule has 3 rings (SSSR count). The van der Waals surface area contributed by atoms with E-state index in [1.807, 2.05) is 31.2 Å². The number of carbonyl (C=O) groups excluding carboxylic acids is 1. The number of halogens is 1. The van der Waals surface area contributed by atoms with Gasteiger partial charge < -0.3 is 0 Å². The number of aryl methyl sites for hydroxylation is 1. The monoisotopic (exact) mass is 499 g/mol. The molecule has 0 heterocycles. The second-order valence-corrected chi connectivity index (χ2v) is 9.68. The third kappa shape index (κ3) is 5.80. The van der Waals surface area contributed by atoms with Crippen molar-refractivity contribution in [3.63, 3.8) is 0 Å². The molecule has 6 nitrogen and oxygen atoms in total. The fourth-order valence-corrected chi connectivity index (χ4v) is 4.52. The van der Waals surface area contributed by atoms with Crippen LogP contribution in [0, 0.1) is 6.92 Å². The molecule has 31 heavy (non-hydrogen) atoms. The molecule has 0 atom stereocenters. The summed E-state index contributed by atoms with van der Waals surface area (Å²) in [7, 11) is -3.94. The van der Waals surface area contributed by atoms with Crippen molar-refractivity contribution in [3.05, 3.63) is 94.5 Å². The molecule has 0 fully saturated rings. The molecule has 0 aliphatic rings. The van der Waals surface area contributed by atoms with Crippen LogP contribution in [0.25, 0.3) is 0 Å². The van der Waals surface area contributed by atoms with Gasteiger partial charge in [-0.25, -0.2) is 13.8 Å². The molecular formula is C23H22BrN3O3S. The van der Waals surface area contributed by atoms with Crippen molar-refractivity contribution in [2.45, 2.75) is 18.7 Å². The Kier molecular flexibility index (Phi) is 7.25. The van der Waals surface area contributed by atoms with Gasteiger partial charge in [-0.3, -0.25) is 9.10 Å². The molecule has 0 saturated carbocycles. The predicted octanol–water partition coefficient (Wildman–Crippen LogP) is 4.49. The lowest BCUT2D eigenvalue weighted by atomic mass is 10.1. The zero-order valence-corrected chi connectivity index (χ0v) is 19.5. The standard InChI is InChI=1S/C23H22BrN3O3S/c1-17-8-14-21(15-9-17)27(31(29,30)22-6-4-3-5-7-22)16-23(28)26-25-18(2)19-10-12-20(24)13-11-19/h3-15H,16H2,1-2H3,(H,26,28)/b25-18-. The topological polar surface area (TPSA) is 78.8 Å². The highest BCUT2D eigenvalue weighted by atomic mass is 79.9. The van der Waals surface area contributed by atoms with E-state index in [0.29, 0.717) is 11.4 Å². The van der Waals surface area contributed by atoms with E-state index in [1.165, 1.54) is 12.1 Å². The summed E-state index contributed by atoms with van der Waals surface area (Å²) in [5.41, 5.74) is 5.30. The maximum Gasteiger partial charge on any atom is 0.264 e. The number of hydrogen-bond donors (Lipinski definition) is 1. The number of nitrogens with one attached hydrogen (secondary N) is 1. The molecule has 0 radical (unpaired) electrons. The fourth-order valence-electron chi connectivity index (χ4n) is 2.81. The molecule has 3 aromatic carbocycles. The van der Waals surface area contributed by atoms with E-state index in [4.69, 9.17) is 0 Å². The second-order valence-electron chi connectivity index (χ2n) is 6.90. The van der Waals surface area contributed by atoms with Crippen LogP contribution in [0.4, 0.5) is 5.69 Å². The van der Waals surface area contributed by atoms with Crippen molar-refractivity contribution in [1.82, 2.24) is 5.43 Å². The Labute approximate surface area is 190 Å². The number of rotatable bonds is 7. The molecule has 3 aromatic rings. The summed E-state index contributed by atoms with van der Waals surface area (Å²) in [5, 5.41) is 4.12. The van der Waals surface area contributed by atoms with Crippen LogP contribution in [-0.4, -0.2) is 26.6 Å². The largest absolute Gasteiger partial charge is 0.271 e. The maximum absolute atomic E-state index is 13.3. The summed E-state index contributed by atoms with van der Waals surface area (Å²) < 4.78 is 28.5.